The average molecular weight is 350 g/mol. The van der Waals surface area contributed by atoms with Gasteiger partial charge < -0.3 is 5.32 Å². The summed E-state index contributed by atoms with van der Waals surface area (Å²) in [5, 5.41) is 4.18. The molecule has 0 spiro atoms. The molecular formula is C24H47N. The first-order valence-corrected chi connectivity index (χ1v) is 11.7. The summed E-state index contributed by atoms with van der Waals surface area (Å²) in [5.41, 5.74) is 0.882. The van der Waals surface area contributed by atoms with Crippen molar-refractivity contribution in [3.63, 3.8) is 0 Å². The van der Waals surface area contributed by atoms with Gasteiger partial charge in [-0.05, 0) is 55.4 Å². The van der Waals surface area contributed by atoms with Gasteiger partial charge in [-0.1, -0.05) is 92.4 Å². The van der Waals surface area contributed by atoms with Gasteiger partial charge >= 0.3 is 0 Å². The van der Waals surface area contributed by atoms with Crippen LogP contribution in [0.25, 0.3) is 0 Å². The van der Waals surface area contributed by atoms with E-state index in [0.717, 1.165) is 17.8 Å². The zero-order valence-electron chi connectivity index (χ0n) is 18.1. The molecule has 1 nitrogen and oxygen atoms in total. The van der Waals surface area contributed by atoms with Crippen molar-refractivity contribution in [3.8, 4) is 0 Å². The second kappa shape index (κ2) is 9.77. The highest BCUT2D eigenvalue weighted by Crippen LogP contribution is 2.55. The Morgan fingerprint density at radius 1 is 0.880 bits per heavy atom. The van der Waals surface area contributed by atoms with E-state index in [-0.39, 0.29) is 0 Å². The number of nitrogens with one attached hydrogen (secondary N) is 1. The van der Waals surface area contributed by atoms with Crippen LogP contribution >= 0.6 is 0 Å². The second-order valence-corrected chi connectivity index (χ2v) is 9.99. The fourth-order valence-corrected chi connectivity index (χ4v) is 6.56. The molecule has 1 aliphatic carbocycles. The average Bonchev–Trinajstić information content (AvgIpc) is 3.08. The van der Waals surface area contributed by atoms with Gasteiger partial charge in [0.25, 0.3) is 0 Å². The van der Waals surface area contributed by atoms with Crippen molar-refractivity contribution in [3.05, 3.63) is 0 Å². The standard InChI is InChI=1S/C24H47N/c1-6-7-8-9-12-16-23(20(2)3)17-13-18-25-24(23,21(4)5)19-22-14-10-11-15-22/h20-22,25H,6-19H2,1-5H3. The molecule has 1 heterocycles. The lowest BCUT2D eigenvalue weighted by molar-refractivity contribution is -0.0587. The Labute approximate surface area is 159 Å². The topological polar surface area (TPSA) is 12.0 Å². The Balaban J connectivity index is 2.20. The molecule has 0 amide bonds. The van der Waals surface area contributed by atoms with Crippen molar-refractivity contribution >= 4 is 0 Å². The summed E-state index contributed by atoms with van der Waals surface area (Å²) < 4.78 is 0. The van der Waals surface area contributed by atoms with Crippen molar-refractivity contribution in [2.75, 3.05) is 6.54 Å². The zero-order chi connectivity index (χ0) is 18.3. The number of rotatable bonds is 10. The molecule has 1 heteroatoms. The molecule has 0 bridgehead atoms. The van der Waals surface area contributed by atoms with Crippen LogP contribution < -0.4 is 5.32 Å². The smallest absolute Gasteiger partial charge is 0.0265 e. The maximum atomic E-state index is 4.18. The fraction of sp³-hybridized carbons (Fsp3) is 1.00. The molecule has 1 aliphatic heterocycles. The maximum Gasteiger partial charge on any atom is 0.0265 e. The molecule has 1 saturated heterocycles. The third kappa shape index (κ3) is 4.63. The van der Waals surface area contributed by atoms with Crippen molar-refractivity contribution < 1.29 is 0 Å². The van der Waals surface area contributed by atoms with Crippen LogP contribution in [0.2, 0.25) is 0 Å². The van der Waals surface area contributed by atoms with Crippen LogP contribution in [0.1, 0.15) is 118 Å². The minimum atomic E-state index is 0.374. The van der Waals surface area contributed by atoms with Crippen LogP contribution in [-0.4, -0.2) is 12.1 Å². The van der Waals surface area contributed by atoms with Crippen molar-refractivity contribution in [1.29, 1.82) is 0 Å². The van der Waals surface area contributed by atoms with E-state index in [1.54, 1.807) is 0 Å². The highest BCUT2D eigenvalue weighted by atomic mass is 15.0. The zero-order valence-corrected chi connectivity index (χ0v) is 18.1. The Morgan fingerprint density at radius 3 is 2.16 bits per heavy atom. The van der Waals surface area contributed by atoms with Crippen LogP contribution in [0.15, 0.2) is 0 Å². The Kier molecular flexibility index (Phi) is 8.31. The third-order valence-corrected chi connectivity index (χ3v) is 8.03. The molecule has 2 aliphatic rings. The van der Waals surface area contributed by atoms with E-state index in [1.807, 2.05) is 0 Å². The lowest BCUT2D eigenvalue weighted by Crippen LogP contribution is -2.67. The van der Waals surface area contributed by atoms with Gasteiger partial charge in [0.2, 0.25) is 0 Å². The van der Waals surface area contributed by atoms with E-state index in [9.17, 15) is 0 Å². The van der Waals surface area contributed by atoms with Gasteiger partial charge in [0.15, 0.2) is 0 Å². The van der Waals surface area contributed by atoms with Gasteiger partial charge in [0.05, 0.1) is 0 Å². The molecule has 0 aromatic rings. The van der Waals surface area contributed by atoms with Gasteiger partial charge in [0, 0.05) is 5.54 Å². The predicted molar refractivity (Wildman–Crippen MR) is 112 cm³/mol. The minimum Gasteiger partial charge on any atom is -0.310 e. The van der Waals surface area contributed by atoms with Crippen LogP contribution in [0.3, 0.4) is 0 Å². The van der Waals surface area contributed by atoms with Crippen molar-refractivity contribution in [2.45, 2.75) is 124 Å². The molecule has 1 N–H and O–H groups in total. The van der Waals surface area contributed by atoms with E-state index in [1.165, 1.54) is 90.0 Å². The molecular weight excluding hydrogens is 302 g/mol. The molecule has 2 fully saturated rings. The molecule has 2 rings (SSSR count). The Morgan fingerprint density at radius 2 is 1.56 bits per heavy atom. The Bertz CT molecular complexity index is 368. The highest BCUT2D eigenvalue weighted by molar-refractivity contribution is 5.10. The van der Waals surface area contributed by atoms with Gasteiger partial charge in [-0.15, -0.1) is 0 Å². The summed E-state index contributed by atoms with van der Waals surface area (Å²) in [4.78, 5) is 0. The first-order chi connectivity index (χ1) is 12.0. The number of unbranched alkanes of at least 4 members (excludes halogenated alkanes) is 4. The largest absolute Gasteiger partial charge is 0.310 e. The predicted octanol–water partition coefficient (Wildman–Crippen LogP) is 7.35. The SMILES string of the molecule is CCCCCCCC1(C(C)C)CCCNC1(CC1CCCC1)C(C)C. The van der Waals surface area contributed by atoms with Crippen molar-refractivity contribution in [2.24, 2.45) is 23.2 Å². The van der Waals surface area contributed by atoms with Gasteiger partial charge in [-0.2, -0.15) is 0 Å². The van der Waals surface area contributed by atoms with Gasteiger partial charge in [-0.3, -0.25) is 0 Å². The lowest BCUT2D eigenvalue weighted by Gasteiger charge is -2.60. The summed E-state index contributed by atoms with van der Waals surface area (Å²) in [6, 6.07) is 0. The fourth-order valence-electron chi connectivity index (χ4n) is 6.56. The van der Waals surface area contributed by atoms with E-state index in [0.29, 0.717) is 11.0 Å². The first-order valence-electron chi connectivity index (χ1n) is 11.7. The summed E-state index contributed by atoms with van der Waals surface area (Å²) >= 11 is 0. The monoisotopic (exact) mass is 349 g/mol. The van der Waals surface area contributed by atoms with Crippen LogP contribution in [0.5, 0.6) is 0 Å². The van der Waals surface area contributed by atoms with Gasteiger partial charge in [0.1, 0.15) is 0 Å². The van der Waals surface area contributed by atoms with Crippen LogP contribution in [0.4, 0.5) is 0 Å². The molecule has 148 valence electrons. The first kappa shape index (κ1) is 21.3. The van der Waals surface area contributed by atoms with Crippen LogP contribution in [0, 0.1) is 23.2 Å². The maximum absolute atomic E-state index is 4.18. The molecule has 2 unspecified atom stereocenters. The van der Waals surface area contributed by atoms with E-state index in [4.69, 9.17) is 0 Å². The van der Waals surface area contributed by atoms with E-state index < -0.39 is 0 Å². The Hall–Kier alpha value is -0.0400. The number of hydrogen-bond acceptors (Lipinski definition) is 1. The van der Waals surface area contributed by atoms with E-state index >= 15 is 0 Å². The summed E-state index contributed by atoms with van der Waals surface area (Å²) in [6.07, 6.45) is 18.8. The summed E-state index contributed by atoms with van der Waals surface area (Å²) in [6.45, 7) is 13.7. The van der Waals surface area contributed by atoms with Crippen LogP contribution in [-0.2, 0) is 0 Å². The summed E-state index contributed by atoms with van der Waals surface area (Å²) in [5.74, 6) is 2.51. The molecule has 2 atom stereocenters. The minimum absolute atomic E-state index is 0.374. The van der Waals surface area contributed by atoms with E-state index in [2.05, 4.69) is 39.9 Å². The highest BCUT2D eigenvalue weighted by Gasteiger charge is 2.55. The third-order valence-electron chi connectivity index (χ3n) is 8.03. The summed E-state index contributed by atoms with van der Waals surface area (Å²) in [7, 11) is 0. The molecule has 0 aromatic heterocycles. The van der Waals surface area contributed by atoms with Crippen molar-refractivity contribution in [1.82, 2.24) is 5.32 Å². The van der Waals surface area contributed by atoms with Gasteiger partial charge in [-0.25, -0.2) is 0 Å². The molecule has 0 radical (unpaired) electrons. The normalized spacial score (nSPS) is 31.3. The number of hydrogen-bond donors (Lipinski definition) is 1. The molecule has 0 aromatic carbocycles. The quantitative estimate of drug-likeness (QED) is 0.406. The number of piperidine rings is 1. The lowest BCUT2D eigenvalue weighted by atomic mass is 9.51. The molecule has 1 saturated carbocycles. The molecule has 25 heavy (non-hydrogen) atoms. The second-order valence-electron chi connectivity index (χ2n) is 9.99.